The second kappa shape index (κ2) is 10.2. The lowest BCUT2D eigenvalue weighted by molar-refractivity contribution is -0.125. The maximum atomic E-state index is 10.0. The maximum Gasteiger partial charge on any atom is 0.250 e. The second-order valence-corrected chi connectivity index (χ2v) is 5.81. The molecule has 4 N–H and O–H groups in total. The Labute approximate surface area is 167 Å². The second-order valence-electron chi connectivity index (χ2n) is 5.81. The third-order valence-corrected chi connectivity index (χ3v) is 3.47. The van der Waals surface area contributed by atoms with E-state index in [0.29, 0.717) is 0 Å². The standard InChI is InChI=1S/C13H13NO.2C4H3NO2/c1-10-4-2-3-5-13(10)15-12-8-6-11(14)7-9-12;2*6-3-1-2-4(7)5-3/h2-9H,14H2,1H3;2*1-2H,(H,5,6,7). The minimum atomic E-state index is -0.329. The number of hydrogen-bond acceptors (Lipinski definition) is 6. The van der Waals surface area contributed by atoms with Gasteiger partial charge in [0.2, 0.25) is 0 Å². The molecule has 0 fully saturated rings. The fraction of sp³-hybridized carbons (Fsp3) is 0.0476. The lowest BCUT2D eigenvalue weighted by Crippen LogP contribution is -2.19. The van der Waals surface area contributed by atoms with Crippen LogP contribution in [0.1, 0.15) is 5.56 Å². The summed E-state index contributed by atoms with van der Waals surface area (Å²) in [4.78, 5) is 40.1. The Balaban J connectivity index is 0.000000178. The first-order valence-corrected chi connectivity index (χ1v) is 8.48. The van der Waals surface area contributed by atoms with Gasteiger partial charge in [0.1, 0.15) is 11.5 Å². The Morgan fingerprint density at radius 3 is 1.52 bits per heavy atom. The van der Waals surface area contributed by atoms with Crippen molar-refractivity contribution in [1.29, 1.82) is 0 Å². The third-order valence-electron chi connectivity index (χ3n) is 3.47. The topological polar surface area (TPSA) is 128 Å². The summed E-state index contributed by atoms with van der Waals surface area (Å²) in [6.45, 7) is 2.02. The van der Waals surface area contributed by atoms with Crippen LogP contribution in [0.3, 0.4) is 0 Å². The molecule has 0 bridgehead atoms. The van der Waals surface area contributed by atoms with E-state index in [-0.39, 0.29) is 23.6 Å². The van der Waals surface area contributed by atoms with Crippen LogP contribution in [0.4, 0.5) is 5.69 Å². The van der Waals surface area contributed by atoms with E-state index >= 15 is 0 Å². The zero-order chi connectivity index (χ0) is 21.2. The zero-order valence-electron chi connectivity index (χ0n) is 15.5. The quantitative estimate of drug-likeness (QED) is 0.527. The van der Waals surface area contributed by atoms with Crippen molar-refractivity contribution >= 4 is 29.3 Å². The van der Waals surface area contributed by atoms with Crippen LogP contribution in [0.2, 0.25) is 0 Å². The van der Waals surface area contributed by atoms with Crippen molar-refractivity contribution in [2.75, 3.05) is 5.73 Å². The highest BCUT2D eigenvalue weighted by Crippen LogP contribution is 2.24. The van der Waals surface area contributed by atoms with Gasteiger partial charge in [-0.25, -0.2) is 0 Å². The molecule has 0 aliphatic carbocycles. The van der Waals surface area contributed by atoms with Crippen molar-refractivity contribution in [3.05, 3.63) is 78.4 Å². The number of rotatable bonds is 2. The summed E-state index contributed by atoms with van der Waals surface area (Å²) in [5, 5.41) is 4.06. The first-order chi connectivity index (χ1) is 13.8. The van der Waals surface area contributed by atoms with Crippen molar-refractivity contribution in [2.24, 2.45) is 0 Å². The normalized spacial score (nSPS) is 13.7. The Kier molecular flexibility index (Phi) is 7.43. The summed E-state index contributed by atoms with van der Waals surface area (Å²) in [6.07, 6.45) is 4.79. The molecule has 0 spiro atoms. The number of anilines is 1. The minimum Gasteiger partial charge on any atom is -0.457 e. The van der Waals surface area contributed by atoms with Gasteiger partial charge in [0.25, 0.3) is 23.6 Å². The smallest absolute Gasteiger partial charge is 0.250 e. The third kappa shape index (κ3) is 7.51. The number of ether oxygens (including phenoxy) is 1. The van der Waals surface area contributed by atoms with Gasteiger partial charge in [0.05, 0.1) is 0 Å². The molecule has 2 aliphatic rings. The maximum absolute atomic E-state index is 10.0. The molecule has 0 saturated heterocycles. The Morgan fingerprint density at radius 1 is 0.690 bits per heavy atom. The van der Waals surface area contributed by atoms with E-state index < -0.39 is 0 Å². The van der Waals surface area contributed by atoms with Crippen molar-refractivity contribution in [2.45, 2.75) is 6.92 Å². The fourth-order valence-corrected chi connectivity index (χ4v) is 2.05. The number of carbonyl (C=O) groups is 4. The minimum absolute atomic E-state index is 0.329. The summed E-state index contributed by atoms with van der Waals surface area (Å²) in [7, 11) is 0. The number of hydrogen-bond donors (Lipinski definition) is 3. The van der Waals surface area contributed by atoms with Crippen molar-refractivity contribution < 1.29 is 23.9 Å². The summed E-state index contributed by atoms with van der Waals surface area (Å²) >= 11 is 0. The van der Waals surface area contributed by atoms with Crippen LogP contribution >= 0.6 is 0 Å². The number of para-hydroxylation sites is 1. The van der Waals surface area contributed by atoms with Crippen LogP contribution in [0.15, 0.2) is 72.8 Å². The molecular formula is C21H19N3O5. The first-order valence-electron chi connectivity index (χ1n) is 8.48. The van der Waals surface area contributed by atoms with Crippen molar-refractivity contribution in [3.63, 3.8) is 0 Å². The molecule has 0 aromatic heterocycles. The van der Waals surface area contributed by atoms with Crippen LogP contribution in [0.25, 0.3) is 0 Å². The fourth-order valence-electron chi connectivity index (χ4n) is 2.05. The highest BCUT2D eigenvalue weighted by atomic mass is 16.5. The monoisotopic (exact) mass is 393 g/mol. The molecule has 2 aliphatic heterocycles. The Morgan fingerprint density at radius 2 is 1.14 bits per heavy atom. The summed E-state index contributed by atoms with van der Waals surface area (Å²) in [5.41, 5.74) is 7.46. The van der Waals surface area contributed by atoms with Gasteiger partial charge in [0.15, 0.2) is 0 Å². The molecule has 29 heavy (non-hydrogen) atoms. The summed E-state index contributed by atoms with van der Waals surface area (Å²) in [6, 6.07) is 15.3. The number of benzene rings is 2. The zero-order valence-corrected chi connectivity index (χ0v) is 15.5. The van der Waals surface area contributed by atoms with Gasteiger partial charge < -0.3 is 10.5 Å². The van der Waals surface area contributed by atoms with Gasteiger partial charge >= 0.3 is 0 Å². The molecule has 2 heterocycles. The summed E-state index contributed by atoms with van der Waals surface area (Å²) in [5.74, 6) is 0.366. The lowest BCUT2D eigenvalue weighted by atomic mass is 10.2. The first kappa shape index (κ1) is 21.1. The molecule has 0 radical (unpaired) electrons. The molecule has 8 nitrogen and oxygen atoms in total. The van der Waals surface area contributed by atoms with Gasteiger partial charge in [-0.2, -0.15) is 0 Å². The van der Waals surface area contributed by atoms with E-state index in [2.05, 4.69) is 0 Å². The number of amides is 4. The molecule has 0 atom stereocenters. The van der Waals surface area contributed by atoms with E-state index in [0.717, 1.165) is 22.7 Å². The molecule has 148 valence electrons. The van der Waals surface area contributed by atoms with Crippen molar-refractivity contribution in [3.8, 4) is 11.5 Å². The van der Waals surface area contributed by atoms with Crippen LogP contribution < -0.4 is 21.1 Å². The number of aryl methyl sites for hydroxylation is 1. The molecule has 4 rings (SSSR count). The number of imide groups is 2. The van der Waals surface area contributed by atoms with Crippen molar-refractivity contribution in [1.82, 2.24) is 10.6 Å². The van der Waals surface area contributed by atoms with E-state index in [1.807, 2.05) is 66.1 Å². The number of nitrogens with two attached hydrogens (primary N) is 1. The van der Waals surface area contributed by atoms with Gasteiger partial charge in [0, 0.05) is 30.0 Å². The molecule has 0 saturated carbocycles. The van der Waals surface area contributed by atoms with Gasteiger partial charge in [-0.15, -0.1) is 0 Å². The van der Waals surface area contributed by atoms with Crippen LogP contribution in [0.5, 0.6) is 11.5 Å². The predicted octanol–water partition coefficient (Wildman–Crippen LogP) is 1.77. The van der Waals surface area contributed by atoms with Gasteiger partial charge in [-0.3, -0.25) is 29.8 Å². The lowest BCUT2D eigenvalue weighted by Gasteiger charge is -2.08. The highest BCUT2D eigenvalue weighted by Gasteiger charge is 2.07. The van der Waals surface area contributed by atoms with E-state index in [1.165, 1.54) is 24.3 Å². The van der Waals surface area contributed by atoms with E-state index in [9.17, 15) is 19.2 Å². The summed E-state index contributed by atoms with van der Waals surface area (Å²) < 4.78 is 5.71. The highest BCUT2D eigenvalue weighted by molar-refractivity contribution is 6.13. The molecule has 2 aromatic rings. The SMILES string of the molecule is Cc1ccccc1Oc1ccc(N)cc1.O=C1C=CC(=O)N1.O=C1C=CC(=O)N1. The van der Waals surface area contributed by atoms with Gasteiger partial charge in [-0.05, 0) is 42.8 Å². The average molecular weight is 393 g/mol. The molecule has 4 amide bonds. The Hall–Kier alpha value is -4.20. The van der Waals surface area contributed by atoms with Crippen LogP contribution in [-0.2, 0) is 19.2 Å². The molecule has 0 unspecified atom stereocenters. The molecule has 2 aromatic carbocycles. The van der Waals surface area contributed by atoms with Crippen LogP contribution in [-0.4, -0.2) is 23.6 Å². The number of carbonyl (C=O) groups excluding carboxylic acids is 4. The molecular weight excluding hydrogens is 374 g/mol. The average Bonchev–Trinajstić information content (AvgIpc) is 3.26. The van der Waals surface area contributed by atoms with Gasteiger partial charge in [-0.1, -0.05) is 18.2 Å². The Bertz CT molecular complexity index is 910. The predicted molar refractivity (Wildman–Crippen MR) is 107 cm³/mol. The largest absolute Gasteiger partial charge is 0.457 e. The van der Waals surface area contributed by atoms with Crippen LogP contribution in [0, 0.1) is 6.92 Å². The molecule has 8 heteroatoms. The van der Waals surface area contributed by atoms with E-state index in [1.54, 1.807) is 0 Å². The number of nitrogens with one attached hydrogen (secondary N) is 2. The van der Waals surface area contributed by atoms with E-state index in [4.69, 9.17) is 10.5 Å². The number of nitrogen functional groups attached to an aromatic ring is 1.